The second kappa shape index (κ2) is 4.76. The van der Waals surface area contributed by atoms with E-state index in [1.807, 2.05) is 0 Å². The van der Waals surface area contributed by atoms with Crippen LogP contribution in [-0.4, -0.2) is 22.8 Å². The number of hydrogen-bond donors (Lipinski definition) is 1. The Morgan fingerprint density at radius 2 is 2.00 bits per heavy atom. The van der Waals surface area contributed by atoms with Gasteiger partial charge in [0.1, 0.15) is 11.6 Å². The largest absolute Gasteiger partial charge is 0.494 e. The highest BCUT2D eigenvalue weighted by Gasteiger charge is 2.18. The molecule has 2 rings (SSSR count). The second-order valence-corrected chi connectivity index (χ2v) is 4.24. The molecule has 0 saturated heterocycles. The third-order valence-corrected chi connectivity index (χ3v) is 3.04. The molecule has 0 fully saturated rings. The highest BCUT2D eigenvalue weighted by Crippen LogP contribution is 2.28. The fourth-order valence-electron chi connectivity index (χ4n) is 2.19. The molecule has 0 amide bonds. The lowest BCUT2D eigenvalue weighted by atomic mass is 10.2. The van der Waals surface area contributed by atoms with E-state index in [0.717, 1.165) is 5.69 Å². The molecule has 0 spiro atoms. The molecule has 2 aromatic rings. The fraction of sp³-hybridized carbons (Fsp3) is 0.214. The molecule has 5 heteroatoms. The van der Waals surface area contributed by atoms with E-state index >= 15 is 0 Å². The summed E-state index contributed by atoms with van der Waals surface area (Å²) < 4.78 is 20.1. The van der Waals surface area contributed by atoms with Gasteiger partial charge in [-0.1, -0.05) is 0 Å². The summed E-state index contributed by atoms with van der Waals surface area (Å²) in [6.07, 6.45) is 0. The predicted molar refractivity (Wildman–Crippen MR) is 68.7 cm³/mol. The van der Waals surface area contributed by atoms with E-state index in [-0.39, 0.29) is 5.56 Å². The van der Waals surface area contributed by atoms with Crippen LogP contribution in [0.3, 0.4) is 0 Å². The molecular formula is C14H14FNO3. The van der Waals surface area contributed by atoms with Crippen LogP contribution in [0.2, 0.25) is 0 Å². The van der Waals surface area contributed by atoms with Crippen LogP contribution in [0, 0.1) is 19.7 Å². The van der Waals surface area contributed by atoms with Crippen molar-refractivity contribution in [3.05, 3.63) is 47.0 Å². The predicted octanol–water partition coefficient (Wildman–Crippen LogP) is 2.94. The minimum absolute atomic E-state index is 0.226. The first-order chi connectivity index (χ1) is 8.95. The minimum Gasteiger partial charge on any atom is -0.494 e. The molecule has 0 saturated carbocycles. The number of rotatable bonds is 3. The lowest BCUT2D eigenvalue weighted by molar-refractivity contribution is 0.0696. The molecule has 100 valence electrons. The molecule has 0 radical (unpaired) electrons. The number of halogens is 1. The summed E-state index contributed by atoms with van der Waals surface area (Å²) in [5, 5.41) is 9.12. The number of nitrogens with zero attached hydrogens (tertiary/aromatic N) is 1. The van der Waals surface area contributed by atoms with E-state index in [1.165, 1.54) is 19.2 Å². The maximum Gasteiger partial charge on any atom is 0.337 e. The van der Waals surface area contributed by atoms with Gasteiger partial charge in [-0.25, -0.2) is 9.18 Å². The van der Waals surface area contributed by atoms with Crippen LogP contribution in [-0.2, 0) is 0 Å². The molecule has 0 unspecified atom stereocenters. The van der Waals surface area contributed by atoms with Gasteiger partial charge in [0.05, 0.1) is 18.4 Å². The van der Waals surface area contributed by atoms with Gasteiger partial charge < -0.3 is 14.4 Å². The molecule has 4 nitrogen and oxygen atoms in total. The SMILES string of the molecule is COc1cc(F)ccc1-n1c(C)cc(C(=O)O)c1C. The van der Waals surface area contributed by atoms with Crippen LogP contribution in [0.1, 0.15) is 21.7 Å². The molecule has 0 bridgehead atoms. The Labute approximate surface area is 110 Å². The first kappa shape index (κ1) is 13.1. The van der Waals surface area contributed by atoms with Gasteiger partial charge >= 0.3 is 5.97 Å². The fourth-order valence-corrected chi connectivity index (χ4v) is 2.19. The van der Waals surface area contributed by atoms with Gasteiger partial charge in [0, 0.05) is 17.5 Å². The number of methoxy groups -OCH3 is 1. The van der Waals surface area contributed by atoms with Gasteiger partial charge in [0.25, 0.3) is 0 Å². The van der Waals surface area contributed by atoms with Gasteiger partial charge in [0.2, 0.25) is 0 Å². The molecule has 0 atom stereocenters. The van der Waals surface area contributed by atoms with E-state index < -0.39 is 11.8 Å². The van der Waals surface area contributed by atoms with Crippen LogP contribution < -0.4 is 4.74 Å². The van der Waals surface area contributed by atoms with Crippen molar-refractivity contribution in [2.75, 3.05) is 7.11 Å². The third kappa shape index (κ3) is 2.19. The summed E-state index contributed by atoms with van der Waals surface area (Å²) in [7, 11) is 1.45. The number of ether oxygens (including phenoxy) is 1. The van der Waals surface area contributed by atoms with Crippen molar-refractivity contribution < 1.29 is 19.0 Å². The Kier molecular flexibility index (Phi) is 3.29. The summed E-state index contributed by atoms with van der Waals surface area (Å²) in [4.78, 5) is 11.1. The highest BCUT2D eigenvalue weighted by atomic mass is 19.1. The van der Waals surface area contributed by atoms with Crippen molar-refractivity contribution in [2.24, 2.45) is 0 Å². The maximum atomic E-state index is 13.2. The van der Waals surface area contributed by atoms with Crippen LogP contribution in [0.4, 0.5) is 4.39 Å². The molecule has 1 heterocycles. The van der Waals surface area contributed by atoms with Gasteiger partial charge in [-0.05, 0) is 32.0 Å². The lowest BCUT2D eigenvalue weighted by Crippen LogP contribution is -2.04. The topological polar surface area (TPSA) is 51.5 Å². The number of benzene rings is 1. The van der Waals surface area contributed by atoms with Crippen LogP contribution in [0.25, 0.3) is 5.69 Å². The number of aryl methyl sites for hydroxylation is 1. The minimum atomic E-state index is -0.986. The van der Waals surface area contributed by atoms with Gasteiger partial charge in [-0.2, -0.15) is 0 Å². The lowest BCUT2D eigenvalue weighted by Gasteiger charge is -2.13. The zero-order chi connectivity index (χ0) is 14.2. The zero-order valence-corrected chi connectivity index (χ0v) is 10.9. The number of carboxylic acids is 1. The number of carbonyl (C=O) groups is 1. The van der Waals surface area contributed by atoms with E-state index in [1.54, 1.807) is 30.5 Å². The molecular weight excluding hydrogens is 249 g/mol. The van der Waals surface area contributed by atoms with Crippen molar-refractivity contribution in [1.82, 2.24) is 4.57 Å². The monoisotopic (exact) mass is 263 g/mol. The maximum absolute atomic E-state index is 13.2. The average molecular weight is 263 g/mol. The summed E-state index contributed by atoms with van der Waals surface area (Å²) in [6.45, 7) is 3.50. The Bertz CT molecular complexity index is 646. The normalized spacial score (nSPS) is 10.5. The summed E-state index contributed by atoms with van der Waals surface area (Å²) in [5.41, 5.74) is 2.17. The Morgan fingerprint density at radius 1 is 1.32 bits per heavy atom. The van der Waals surface area contributed by atoms with Crippen LogP contribution in [0.5, 0.6) is 5.75 Å². The van der Waals surface area contributed by atoms with E-state index in [4.69, 9.17) is 9.84 Å². The first-order valence-electron chi connectivity index (χ1n) is 5.72. The standard InChI is InChI=1S/C14H14FNO3/c1-8-6-11(14(17)18)9(2)16(8)12-5-4-10(15)7-13(12)19-3/h4-7H,1-3H3,(H,17,18). The molecule has 0 aliphatic carbocycles. The Morgan fingerprint density at radius 3 is 2.53 bits per heavy atom. The smallest absolute Gasteiger partial charge is 0.337 e. The van der Waals surface area contributed by atoms with Gasteiger partial charge in [-0.3, -0.25) is 0 Å². The molecule has 0 aliphatic heterocycles. The zero-order valence-electron chi connectivity index (χ0n) is 10.9. The number of aromatic carboxylic acids is 1. The second-order valence-electron chi connectivity index (χ2n) is 4.24. The third-order valence-electron chi connectivity index (χ3n) is 3.04. The Balaban J connectivity index is 2.69. The average Bonchev–Trinajstić information content (AvgIpc) is 2.65. The quantitative estimate of drug-likeness (QED) is 0.926. The number of aromatic nitrogens is 1. The van der Waals surface area contributed by atoms with Gasteiger partial charge in [0.15, 0.2) is 0 Å². The van der Waals surface area contributed by atoms with Crippen molar-refractivity contribution in [2.45, 2.75) is 13.8 Å². The number of carboxylic acid groups (broad SMARTS) is 1. The molecule has 0 aliphatic rings. The highest BCUT2D eigenvalue weighted by molar-refractivity contribution is 5.89. The molecule has 1 aromatic carbocycles. The van der Waals surface area contributed by atoms with Crippen molar-refractivity contribution in [1.29, 1.82) is 0 Å². The van der Waals surface area contributed by atoms with Gasteiger partial charge in [-0.15, -0.1) is 0 Å². The molecule has 1 aromatic heterocycles. The van der Waals surface area contributed by atoms with E-state index in [9.17, 15) is 9.18 Å². The van der Waals surface area contributed by atoms with Crippen LogP contribution >= 0.6 is 0 Å². The summed E-state index contributed by atoms with van der Waals surface area (Å²) in [6, 6.07) is 5.74. The number of hydrogen-bond acceptors (Lipinski definition) is 2. The summed E-state index contributed by atoms with van der Waals surface area (Å²) >= 11 is 0. The first-order valence-corrected chi connectivity index (χ1v) is 5.72. The molecule has 19 heavy (non-hydrogen) atoms. The Hall–Kier alpha value is -2.30. The molecule has 1 N–H and O–H groups in total. The van der Waals surface area contributed by atoms with Crippen molar-refractivity contribution in [3.63, 3.8) is 0 Å². The van der Waals surface area contributed by atoms with Crippen molar-refractivity contribution in [3.8, 4) is 11.4 Å². The van der Waals surface area contributed by atoms with E-state index in [0.29, 0.717) is 17.1 Å². The van der Waals surface area contributed by atoms with Crippen LogP contribution in [0.15, 0.2) is 24.3 Å². The van der Waals surface area contributed by atoms with E-state index in [2.05, 4.69) is 0 Å². The van der Waals surface area contributed by atoms with Crippen molar-refractivity contribution >= 4 is 5.97 Å². The summed E-state index contributed by atoms with van der Waals surface area (Å²) in [5.74, 6) is -1.03.